The molecule has 1 aromatic heterocycles. The molecule has 0 saturated carbocycles. The van der Waals surface area contributed by atoms with Crippen molar-refractivity contribution in [1.82, 2.24) is 14.8 Å². The molecule has 0 unspecified atom stereocenters. The zero-order valence-corrected chi connectivity index (χ0v) is 12.5. The predicted molar refractivity (Wildman–Crippen MR) is 79.7 cm³/mol. The van der Waals surface area contributed by atoms with Crippen molar-refractivity contribution < 1.29 is 5.11 Å². The molecule has 0 aliphatic rings. The number of nitriles is 1. The molecule has 1 heterocycles. The highest BCUT2D eigenvalue weighted by atomic mass is 35.5. The Morgan fingerprint density at radius 2 is 2.14 bits per heavy atom. The molecule has 0 radical (unpaired) electrons. The summed E-state index contributed by atoms with van der Waals surface area (Å²) in [4.78, 5) is 3.99. The Balaban J connectivity index is 2.49. The van der Waals surface area contributed by atoms with Crippen molar-refractivity contribution in [3.05, 3.63) is 47.5 Å². The standard InChI is InChI=1S/C15H17ClN4O/c1-12(21)6-7-15(8-9-17,20-11-18-10-19-20)13-2-4-14(16)5-3-13/h2-5,10-12,21H,6-8H2,1H3/t12-,15+/m0/s1. The van der Waals surface area contributed by atoms with Gasteiger partial charge < -0.3 is 5.11 Å². The lowest BCUT2D eigenvalue weighted by atomic mass is 9.82. The van der Waals surface area contributed by atoms with Gasteiger partial charge in [0.1, 0.15) is 18.2 Å². The first-order valence-electron chi connectivity index (χ1n) is 6.74. The molecule has 0 saturated heterocycles. The summed E-state index contributed by atoms with van der Waals surface area (Å²) in [5.41, 5.74) is 0.284. The Labute approximate surface area is 128 Å². The minimum absolute atomic E-state index is 0.241. The van der Waals surface area contributed by atoms with Crippen LogP contribution in [0.4, 0.5) is 0 Å². The minimum Gasteiger partial charge on any atom is -0.393 e. The van der Waals surface area contributed by atoms with E-state index in [0.717, 1.165) is 5.56 Å². The number of aliphatic hydroxyl groups is 1. The van der Waals surface area contributed by atoms with Crippen LogP contribution in [0.25, 0.3) is 0 Å². The molecular weight excluding hydrogens is 288 g/mol. The highest BCUT2D eigenvalue weighted by Crippen LogP contribution is 2.35. The van der Waals surface area contributed by atoms with Crippen molar-refractivity contribution in [2.24, 2.45) is 0 Å². The van der Waals surface area contributed by atoms with Gasteiger partial charge in [-0.15, -0.1) is 0 Å². The average Bonchev–Trinajstić information content (AvgIpc) is 2.99. The van der Waals surface area contributed by atoms with Gasteiger partial charge in [0.15, 0.2) is 0 Å². The van der Waals surface area contributed by atoms with E-state index in [1.165, 1.54) is 6.33 Å². The topological polar surface area (TPSA) is 74.7 Å². The molecule has 2 rings (SSSR count). The van der Waals surface area contributed by atoms with Crippen LogP contribution in [0.1, 0.15) is 31.7 Å². The molecule has 6 heteroatoms. The highest BCUT2D eigenvalue weighted by molar-refractivity contribution is 6.30. The Morgan fingerprint density at radius 3 is 2.67 bits per heavy atom. The van der Waals surface area contributed by atoms with E-state index < -0.39 is 11.6 Å². The Morgan fingerprint density at radius 1 is 1.43 bits per heavy atom. The first kappa shape index (κ1) is 15.5. The molecule has 1 aromatic carbocycles. The number of rotatable bonds is 6. The van der Waals surface area contributed by atoms with Crippen LogP contribution in [0.3, 0.4) is 0 Å². The summed E-state index contributed by atoms with van der Waals surface area (Å²) in [7, 11) is 0. The summed E-state index contributed by atoms with van der Waals surface area (Å²) in [5, 5.41) is 23.8. The van der Waals surface area contributed by atoms with Crippen LogP contribution in [0.15, 0.2) is 36.9 Å². The van der Waals surface area contributed by atoms with E-state index >= 15 is 0 Å². The van der Waals surface area contributed by atoms with Gasteiger partial charge in [-0.05, 0) is 37.5 Å². The normalized spacial score (nSPS) is 15.1. The van der Waals surface area contributed by atoms with Crippen molar-refractivity contribution in [3.8, 4) is 6.07 Å². The second-order valence-electron chi connectivity index (χ2n) is 5.10. The molecule has 2 atom stereocenters. The Bertz CT molecular complexity index is 604. The molecule has 0 bridgehead atoms. The van der Waals surface area contributed by atoms with Gasteiger partial charge in [0.2, 0.25) is 0 Å². The van der Waals surface area contributed by atoms with Gasteiger partial charge >= 0.3 is 0 Å². The Kier molecular flexibility index (Phi) is 4.94. The van der Waals surface area contributed by atoms with Crippen LogP contribution in [-0.4, -0.2) is 26.0 Å². The van der Waals surface area contributed by atoms with Crippen LogP contribution in [-0.2, 0) is 5.54 Å². The van der Waals surface area contributed by atoms with Gasteiger partial charge in [-0.25, -0.2) is 9.67 Å². The fraction of sp³-hybridized carbons (Fsp3) is 0.400. The fourth-order valence-electron chi connectivity index (χ4n) is 2.43. The molecule has 0 aliphatic carbocycles. The van der Waals surface area contributed by atoms with Gasteiger partial charge in [0.25, 0.3) is 0 Å². The van der Waals surface area contributed by atoms with Crippen molar-refractivity contribution >= 4 is 11.6 Å². The number of benzene rings is 1. The van der Waals surface area contributed by atoms with Crippen LogP contribution in [0, 0.1) is 11.3 Å². The van der Waals surface area contributed by atoms with Crippen molar-refractivity contribution in [3.63, 3.8) is 0 Å². The fourth-order valence-corrected chi connectivity index (χ4v) is 2.56. The SMILES string of the molecule is C[C@H](O)CC[C@@](CC#N)(c1ccc(Cl)cc1)n1cncn1. The van der Waals surface area contributed by atoms with E-state index in [2.05, 4.69) is 16.2 Å². The lowest BCUT2D eigenvalue weighted by Crippen LogP contribution is -2.36. The number of halogens is 1. The lowest BCUT2D eigenvalue weighted by molar-refractivity contribution is 0.158. The first-order chi connectivity index (χ1) is 10.1. The molecule has 0 fully saturated rings. The van der Waals surface area contributed by atoms with E-state index in [-0.39, 0.29) is 6.42 Å². The maximum absolute atomic E-state index is 9.62. The number of hydrogen-bond acceptors (Lipinski definition) is 4. The Hall–Kier alpha value is -1.90. The summed E-state index contributed by atoms with van der Waals surface area (Å²) in [6, 6.07) is 9.60. The molecule has 0 spiro atoms. The molecular formula is C15H17ClN4O. The second-order valence-corrected chi connectivity index (χ2v) is 5.54. The van der Waals surface area contributed by atoms with E-state index in [9.17, 15) is 10.4 Å². The van der Waals surface area contributed by atoms with Crippen molar-refractivity contribution in [2.75, 3.05) is 0 Å². The monoisotopic (exact) mass is 304 g/mol. The van der Waals surface area contributed by atoms with Gasteiger partial charge in [-0.3, -0.25) is 0 Å². The molecule has 5 nitrogen and oxygen atoms in total. The van der Waals surface area contributed by atoms with E-state index in [1.54, 1.807) is 30.1 Å². The van der Waals surface area contributed by atoms with Gasteiger partial charge in [-0.2, -0.15) is 10.4 Å². The largest absolute Gasteiger partial charge is 0.393 e. The third-order valence-electron chi connectivity index (χ3n) is 3.59. The molecule has 0 aliphatic heterocycles. The van der Waals surface area contributed by atoms with Crippen LogP contribution in [0.5, 0.6) is 0 Å². The summed E-state index contributed by atoms with van der Waals surface area (Å²) < 4.78 is 1.70. The van der Waals surface area contributed by atoms with Gasteiger partial charge in [0.05, 0.1) is 18.6 Å². The third kappa shape index (κ3) is 3.41. The zero-order valence-electron chi connectivity index (χ0n) is 11.8. The second kappa shape index (κ2) is 6.70. The lowest BCUT2D eigenvalue weighted by Gasteiger charge is -2.33. The summed E-state index contributed by atoms with van der Waals surface area (Å²) >= 11 is 5.95. The van der Waals surface area contributed by atoms with E-state index in [4.69, 9.17) is 11.6 Å². The number of nitrogens with zero attached hydrogens (tertiary/aromatic N) is 4. The first-order valence-corrected chi connectivity index (χ1v) is 7.12. The predicted octanol–water partition coefficient (Wildman–Crippen LogP) is 2.75. The molecule has 1 N–H and O–H groups in total. The van der Waals surface area contributed by atoms with Gasteiger partial charge in [0, 0.05) is 5.02 Å². The third-order valence-corrected chi connectivity index (χ3v) is 3.84. The molecule has 0 amide bonds. The zero-order chi connectivity index (χ0) is 15.3. The number of aromatic nitrogens is 3. The summed E-state index contributed by atoms with van der Waals surface area (Å²) in [6.07, 6.45) is 4.00. The maximum Gasteiger partial charge on any atom is 0.137 e. The molecule has 2 aromatic rings. The molecule has 110 valence electrons. The summed E-state index contributed by atoms with van der Waals surface area (Å²) in [6.45, 7) is 1.74. The highest BCUT2D eigenvalue weighted by Gasteiger charge is 2.35. The number of aliphatic hydroxyl groups excluding tert-OH is 1. The quantitative estimate of drug-likeness (QED) is 0.890. The van der Waals surface area contributed by atoms with Crippen LogP contribution >= 0.6 is 11.6 Å². The minimum atomic E-state index is -0.646. The molecule has 21 heavy (non-hydrogen) atoms. The van der Waals surface area contributed by atoms with Crippen molar-refractivity contribution in [2.45, 2.75) is 37.8 Å². The van der Waals surface area contributed by atoms with Crippen LogP contribution < -0.4 is 0 Å². The summed E-state index contributed by atoms with van der Waals surface area (Å²) in [5.74, 6) is 0. The van der Waals surface area contributed by atoms with E-state index in [0.29, 0.717) is 17.9 Å². The smallest absolute Gasteiger partial charge is 0.137 e. The van der Waals surface area contributed by atoms with Crippen molar-refractivity contribution in [1.29, 1.82) is 5.26 Å². The number of hydrogen-bond donors (Lipinski definition) is 1. The maximum atomic E-state index is 9.62. The van der Waals surface area contributed by atoms with Crippen LogP contribution in [0.2, 0.25) is 5.02 Å². The van der Waals surface area contributed by atoms with E-state index in [1.807, 2.05) is 12.1 Å². The van der Waals surface area contributed by atoms with Gasteiger partial charge in [-0.1, -0.05) is 23.7 Å². The average molecular weight is 305 g/mol.